The van der Waals surface area contributed by atoms with E-state index < -0.39 is 0 Å². The molecule has 1 aromatic rings. The number of likely N-dealkylation sites (N-methyl/N-ethyl adjacent to an activating group) is 1. The molecule has 2 N–H and O–H groups in total. The van der Waals surface area contributed by atoms with Gasteiger partial charge in [-0.3, -0.25) is 4.99 Å². The maximum absolute atomic E-state index is 4.28. The van der Waals surface area contributed by atoms with Crippen molar-refractivity contribution in [2.75, 3.05) is 33.7 Å². The normalized spacial score (nSPS) is 15.9. The molecule has 1 fully saturated rings. The summed E-state index contributed by atoms with van der Waals surface area (Å²) in [6.07, 6.45) is 6.58. The molecule has 1 saturated carbocycles. The number of hydrogen-bond acceptors (Lipinski definition) is 3. The summed E-state index contributed by atoms with van der Waals surface area (Å²) >= 11 is 1.81. The minimum Gasteiger partial charge on any atom is -0.356 e. The number of aliphatic imine (C=N–C) groups is 1. The Labute approximate surface area is 155 Å². The van der Waals surface area contributed by atoms with Crippen molar-refractivity contribution in [1.29, 1.82) is 0 Å². The number of thiophene rings is 1. The molecule has 6 heteroatoms. The number of rotatable bonds is 7. The van der Waals surface area contributed by atoms with Crippen LogP contribution in [0.25, 0.3) is 0 Å². The fourth-order valence-electron chi connectivity index (χ4n) is 2.86. The summed E-state index contributed by atoms with van der Waals surface area (Å²) in [5, 5.41) is 8.91. The second-order valence-corrected chi connectivity index (χ2v) is 6.71. The first-order valence-electron chi connectivity index (χ1n) is 7.96. The molecule has 0 radical (unpaired) electrons. The summed E-state index contributed by atoms with van der Waals surface area (Å²) in [6.45, 7) is 2.96. The zero-order valence-electron chi connectivity index (χ0n) is 13.7. The first kappa shape index (κ1) is 19.7. The minimum absolute atomic E-state index is 0. The van der Waals surface area contributed by atoms with Crippen LogP contribution in [0.5, 0.6) is 0 Å². The Kier molecular flexibility index (Phi) is 10.1. The minimum atomic E-state index is 0. The molecule has 0 aromatic carbocycles. The third-order valence-electron chi connectivity index (χ3n) is 4.17. The number of halogens is 1. The zero-order chi connectivity index (χ0) is 14.9. The first-order chi connectivity index (χ1) is 10.3. The molecule has 1 heterocycles. The monoisotopic (exact) mass is 436 g/mol. The molecular weight excluding hydrogens is 407 g/mol. The van der Waals surface area contributed by atoms with Crippen LogP contribution in [0.15, 0.2) is 22.5 Å². The summed E-state index contributed by atoms with van der Waals surface area (Å²) in [4.78, 5) is 8.18. The largest absolute Gasteiger partial charge is 0.356 e. The van der Waals surface area contributed by atoms with Crippen LogP contribution in [-0.4, -0.2) is 50.6 Å². The van der Waals surface area contributed by atoms with Crippen LogP contribution in [0, 0.1) is 0 Å². The molecule has 0 bridgehead atoms. The Morgan fingerprint density at radius 3 is 2.68 bits per heavy atom. The molecule has 0 spiro atoms. The van der Waals surface area contributed by atoms with E-state index in [9.17, 15) is 0 Å². The molecule has 1 aliphatic carbocycles. The smallest absolute Gasteiger partial charge is 0.191 e. The molecule has 4 nitrogen and oxygen atoms in total. The van der Waals surface area contributed by atoms with E-state index in [1.165, 1.54) is 30.6 Å². The average molecular weight is 436 g/mol. The molecule has 0 unspecified atom stereocenters. The van der Waals surface area contributed by atoms with Crippen molar-refractivity contribution in [1.82, 2.24) is 15.5 Å². The van der Waals surface area contributed by atoms with Gasteiger partial charge in [0.1, 0.15) is 0 Å². The van der Waals surface area contributed by atoms with Crippen LogP contribution in [0.4, 0.5) is 0 Å². The second kappa shape index (κ2) is 11.2. The van der Waals surface area contributed by atoms with Gasteiger partial charge in [0.05, 0.1) is 0 Å². The third-order valence-corrected chi connectivity index (χ3v) is 5.11. The standard InChI is InChI=1S/C16H28N4S.HI/c1-17-16(18-10-9-15-8-5-13-21-15)19-11-12-20(2)14-6-3-4-7-14;/h5,8,13-14H,3-4,6-7,9-12H2,1-2H3,(H2,17,18,19);1H. The van der Waals surface area contributed by atoms with Crippen LogP contribution in [0.3, 0.4) is 0 Å². The Balaban J connectivity index is 0.00000242. The van der Waals surface area contributed by atoms with E-state index in [-0.39, 0.29) is 24.0 Å². The lowest BCUT2D eigenvalue weighted by Gasteiger charge is -2.24. The van der Waals surface area contributed by atoms with Crippen LogP contribution in [0.1, 0.15) is 30.6 Å². The van der Waals surface area contributed by atoms with Crippen molar-refractivity contribution in [3.05, 3.63) is 22.4 Å². The van der Waals surface area contributed by atoms with E-state index in [2.05, 4.69) is 45.1 Å². The van der Waals surface area contributed by atoms with Gasteiger partial charge in [-0.2, -0.15) is 0 Å². The van der Waals surface area contributed by atoms with Gasteiger partial charge in [-0.25, -0.2) is 0 Å². The molecule has 1 aromatic heterocycles. The SMILES string of the molecule is CN=C(NCCc1cccs1)NCCN(C)C1CCCC1.I. The molecule has 0 aliphatic heterocycles. The highest BCUT2D eigenvalue weighted by atomic mass is 127. The lowest BCUT2D eigenvalue weighted by atomic mass is 10.2. The highest BCUT2D eigenvalue weighted by Gasteiger charge is 2.18. The summed E-state index contributed by atoms with van der Waals surface area (Å²) in [5.41, 5.74) is 0. The van der Waals surface area contributed by atoms with Gasteiger partial charge >= 0.3 is 0 Å². The molecular formula is C16H29IN4S. The molecule has 22 heavy (non-hydrogen) atoms. The van der Waals surface area contributed by atoms with Gasteiger partial charge in [0.15, 0.2) is 5.96 Å². The van der Waals surface area contributed by atoms with Crippen molar-refractivity contribution >= 4 is 41.3 Å². The quantitative estimate of drug-likeness (QED) is 0.392. The molecule has 126 valence electrons. The van der Waals surface area contributed by atoms with Crippen molar-refractivity contribution in [3.8, 4) is 0 Å². The van der Waals surface area contributed by atoms with Crippen molar-refractivity contribution in [2.45, 2.75) is 38.1 Å². The van der Waals surface area contributed by atoms with E-state index in [1.807, 2.05) is 18.4 Å². The van der Waals surface area contributed by atoms with E-state index in [0.717, 1.165) is 38.1 Å². The van der Waals surface area contributed by atoms with Crippen LogP contribution in [0.2, 0.25) is 0 Å². The van der Waals surface area contributed by atoms with Gasteiger partial charge in [-0.05, 0) is 37.8 Å². The van der Waals surface area contributed by atoms with Gasteiger partial charge in [0.2, 0.25) is 0 Å². The lowest BCUT2D eigenvalue weighted by molar-refractivity contribution is 0.249. The number of guanidine groups is 1. The molecule has 1 aliphatic rings. The fraction of sp³-hybridized carbons (Fsp3) is 0.688. The van der Waals surface area contributed by atoms with E-state index >= 15 is 0 Å². The highest BCUT2D eigenvalue weighted by Crippen LogP contribution is 2.21. The summed E-state index contributed by atoms with van der Waals surface area (Å²) in [6, 6.07) is 5.07. The fourth-order valence-corrected chi connectivity index (χ4v) is 3.57. The predicted molar refractivity (Wildman–Crippen MR) is 108 cm³/mol. The van der Waals surface area contributed by atoms with Crippen molar-refractivity contribution < 1.29 is 0 Å². The Morgan fingerprint density at radius 1 is 1.32 bits per heavy atom. The van der Waals surface area contributed by atoms with Crippen molar-refractivity contribution in [3.63, 3.8) is 0 Å². The Hall–Kier alpha value is -0.340. The number of hydrogen-bond donors (Lipinski definition) is 2. The van der Waals surface area contributed by atoms with Gasteiger partial charge in [0.25, 0.3) is 0 Å². The number of nitrogens with zero attached hydrogens (tertiary/aromatic N) is 2. The lowest BCUT2D eigenvalue weighted by Crippen LogP contribution is -2.43. The van der Waals surface area contributed by atoms with Gasteiger partial charge in [-0.15, -0.1) is 35.3 Å². The summed E-state index contributed by atoms with van der Waals surface area (Å²) in [7, 11) is 4.08. The third kappa shape index (κ3) is 6.83. The molecule has 0 saturated heterocycles. The van der Waals surface area contributed by atoms with Crippen LogP contribution >= 0.6 is 35.3 Å². The molecule has 0 amide bonds. The van der Waals surface area contributed by atoms with Gasteiger partial charge in [-0.1, -0.05) is 18.9 Å². The van der Waals surface area contributed by atoms with E-state index in [1.54, 1.807) is 0 Å². The summed E-state index contributed by atoms with van der Waals surface area (Å²) in [5.74, 6) is 0.909. The highest BCUT2D eigenvalue weighted by molar-refractivity contribution is 14.0. The van der Waals surface area contributed by atoms with Crippen LogP contribution in [-0.2, 0) is 6.42 Å². The Morgan fingerprint density at radius 2 is 2.05 bits per heavy atom. The molecule has 2 rings (SSSR count). The maximum atomic E-state index is 4.28. The van der Waals surface area contributed by atoms with Crippen molar-refractivity contribution in [2.24, 2.45) is 4.99 Å². The molecule has 0 atom stereocenters. The van der Waals surface area contributed by atoms with E-state index in [4.69, 9.17) is 0 Å². The number of nitrogens with one attached hydrogen (secondary N) is 2. The average Bonchev–Trinajstić information content (AvgIpc) is 3.18. The topological polar surface area (TPSA) is 39.7 Å². The van der Waals surface area contributed by atoms with Gasteiger partial charge < -0.3 is 15.5 Å². The van der Waals surface area contributed by atoms with E-state index in [0.29, 0.717) is 0 Å². The van der Waals surface area contributed by atoms with Crippen LogP contribution < -0.4 is 10.6 Å². The predicted octanol–water partition coefficient (Wildman–Crippen LogP) is 2.95. The van der Waals surface area contributed by atoms with Gasteiger partial charge in [0, 0.05) is 37.6 Å². The first-order valence-corrected chi connectivity index (χ1v) is 8.84. The second-order valence-electron chi connectivity index (χ2n) is 5.67. The summed E-state index contributed by atoms with van der Waals surface area (Å²) < 4.78 is 0. The zero-order valence-corrected chi connectivity index (χ0v) is 16.8. The Bertz CT molecular complexity index is 416. The maximum Gasteiger partial charge on any atom is 0.191 e.